The average molecular weight is 335 g/mol. The highest BCUT2D eigenvalue weighted by Gasteiger charge is 2.01. The molecule has 0 radical (unpaired) electrons. The number of hydrogen-bond acceptors (Lipinski definition) is 2. The van der Waals surface area contributed by atoms with E-state index >= 15 is 0 Å². The van der Waals surface area contributed by atoms with Crippen LogP contribution in [-0.2, 0) is 4.79 Å². The molecule has 0 aliphatic carbocycles. The van der Waals surface area contributed by atoms with Crippen LogP contribution in [0.4, 0.5) is 0 Å². The molecule has 1 amide bonds. The summed E-state index contributed by atoms with van der Waals surface area (Å²) < 4.78 is 0.774. The minimum absolute atomic E-state index is 0.0343. The number of carbonyl (C=O) groups is 1. The predicted molar refractivity (Wildman–Crippen MR) is 77.9 cm³/mol. The van der Waals surface area contributed by atoms with Crippen molar-refractivity contribution < 1.29 is 4.79 Å². The van der Waals surface area contributed by atoms with Crippen LogP contribution in [0.5, 0.6) is 0 Å². The maximum atomic E-state index is 11.4. The van der Waals surface area contributed by atoms with Gasteiger partial charge in [-0.15, -0.1) is 11.8 Å². The zero-order valence-electron chi connectivity index (χ0n) is 9.21. The standard InChI is InChI=1S/C12H13BrClNOS/c1-9(13)8-15-12(16)6-7-17-11-4-2-10(14)3-5-11/h2-5H,1,6-8H2,(H,15,16). The van der Waals surface area contributed by atoms with Crippen molar-refractivity contribution in [2.24, 2.45) is 0 Å². The van der Waals surface area contributed by atoms with Crippen molar-refractivity contribution in [1.29, 1.82) is 0 Å². The van der Waals surface area contributed by atoms with Crippen LogP contribution < -0.4 is 5.32 Å². The molecule has 0 spiro atoms. The predicted octanol–water partition coefficient (Wildman–Crippen LogP) is 3.85. The second-order valence-corrected chi connectivity index (χ2v) is 6.07. The van der Waals surface area contributed by atoms with Gasteiger partial charge in [0, 0.05) is 33.1 Å². The first-order chi connectivity index (χ1) is 8.08. The van der Waals surface area contributed by atoms with Gasteiger partial charge in [0.25, 0.3) is 0 Å². The van der Waals surface area contributed by atoms with Gasteiger partial charge in [-0.3, -0.25) is 4.79 Å². The fourth-order valence-corrected chi connectivity index (χ4v) is 2.19. The van der Waals surface area contributed by atoms with Gasteiger partial charge in [0.1, 0.15) is 0 Å². The third kappa shape index (κ3) is 6.76. The Kier molecular flexibility index (Phi) is 6.70. The lowest BCUT2D eigenvalue weighted by Gasteiger charge is -2.04. The molecule has 0 saturated carbocycles. The van der Waals surface area contributed by atoms with E-state index in [1.165, 1.54) is 0 Å². The summed E-state index contributed by atoms with van der Waals surface area (Å²) in [5.74, 6) is 0.787. The number of carbonyl (C=O) groups excluding carboxylic acids is 1. The van der Waals surface area contributed by atoms with E-state index in [2.05, 4.69) is 27.8 Å². The van der Waals surface area contributed by atoms with Crippen LogP contribution in [0, 0.1) is 0 Å². The lowest BCUT2D eigenvalue weighted by Crippen LogP contribution is -2.24. The Morgan fingerprint density at radius 2 is 2.06 bits per heavy atom. The number of rotatable bonds is 6. The second kappa shape index (κ2) is 7.80. The lowest BCUT2D eigenvalue weighted by molar-refractivity contribution is -0.120. The molecule has 0 bridgehead atoms. The fourth-order valence-electron chi connectivity index (χ4n) is 1.08. The minimum atomic E-state index is 0.0343. The Morgan fingerprint density at radius 1 is 1.41 bits per heavy atom. The van der Waals surface area contributed by atoms with Crippen molar-refractivity contribution in [2.75, 3.05) is 12.3 Å². The minimum Gasteiger partial charge on any atom is -0.351 e. The van der Waals surface area contributed by atoms with Gasteiger partial charge in [0.15, 0.2) is 0 Å². The van der Waals surface area contributed by atoms with Crippen LogP contribution in [0.25, 0.3) is 0 Å². The molecule has 1 aromatic carbocycles. The fraction of sp³-hybridized carbons (Fsp3) is 0.250. The van der Waals surface area contributed by atoms with Gasteiger partial charge in [0.05, 0.1) is 0 Å². The number of benzene rings is 1. The third-order valence-electron chi connectivity index (χ3n) is 1.89. The first-order valence-electron chi connectivity index (χ1n) is 5.06. The molecular formula is C12H13BrClNOS. The molecule has 2 nitrogen and oxygen atoms in total. The van der Waals surface area contributed by atoms with E-state index < -0.39 is 0 Å². The van der Waals surface area contributed by atoms with E-state index in [-0.39, 0.29) is 5.91 Å². The highest BCUT2D eigenvalue weighted by molar-refractivity contribution is 9.11. The van der Waals surface area contributed by atoms with Crippen molar-refractivity contribution in [3.8, 4) is 0 Å². The molecule has 0 heterocycles. The van der Waals surface area contributed by atoms with Crippen LogP contribution in [0.2, 0.25) is 5.02 Å². The first-order valence-corrected chi connectivity index (χ1v) is 7.22. The zero-order chi connectivity index (χ0) is 12.7. The van der Waals surface area contributed by atoms with E-state index in [1.807, 2.05) is 24.3 Å². The molecule has 0 unspecified atom stereocenters. The van der Waals surface area contributed by atoms with Crippen LogP contribution >= 0.6 is 39.3 Å². The van der Waals surface area contributed by atoms with Gasteiger partial charge in [-0.05, 0) is 24.3 Å². The Labute approximate surface area is 119 Å². The van der Waals surface area contributed by atoms with Crippen molar-refractivity contribution in [2.45, 2.75) is 11.3 Å². The summed E-state index contributed by atoms with van der Waals surface area (Å²) >= 11 is 10.6. The van der Waals surface area contributed by atoms with Gasteiger partial charge in [-0.2, -0.15) is 0 Å². The van der Waals surface area contributed by atoms with E-state index in [0.29, 0.717) is 13.0 Å². The largest absolute Gasteiger partial charge is 0.351 e. The molecule has 0 aliphatic heterocycles. The van der Waals surface area contributed by atoms with Gasteiger partial charge in [0.2, 0.25) is 5.91 Å². The van der Waals surface area contributed by atoms with Crippen LogP contribution in [0.1, 0.15) is 6.42 Å². The van der Waals surface area contributed by atoms with E-state index in [9.17, 15) is 4.79 Å². The quantitative estimate of drug-likeness (QED) is 0.801. The summed E-state index contributed by atoms with van der Waals surface area (Å²) in [5.41, 5.74) is 0. The number of halogens is 2. The summed E-state index contributed by atoms with van der Waals surface area (Å²) in [6, 6.07) is 7.59. The van der Waals surface area contributed by atoms with Crippen LogP contribution in [0.15, 0.2) is 40.2 Å². The summed E-state index contributed by atoms with van der Waals surface area (Å²) in [7, 11) is 0. The molecule has 0 saturated heterocycles. The number of hydrogen-bond donors (Lipinski definition) is 1. The smallest absolute Gasteiger partial charge is 0.221 e. The second-order valence-electron chi connectivity index (χ2n) is 3.35. The van der Waals surface area contributed by atoms with Crippen molar-refractivity contribution >= 4 is 45.2 Å². The molecule has 0 atom stereocenters. The molecule has 1 N–H and O–H groups in total. The number of nitrogens with one attached hydrogen (secondary N) is 1. The highest BCUT2D eigenvalue weighted by atomic mass is 79.9. The lowest BCUT2D eigenvalue weighted by atomic mass is 10.4. The van der Waals surface area contributed by atoms with Gasteiger partial charge in [-0.1, -0.05) is 34.1 Å². The van der Waals surface area contributed by atoms with Crippen molar-refractivity contribution in [3.05, 3.63) is 40.3 Å². The summed E-state index contributed by atoms with van der Waals surface area (Å²) in [5, 5.41) is 3.48. The van der Waals surface area contributed by atoms with E-state index in [1.54, 1.807) is 11.8 Å². The molecule has 0 aliphatic rings. The Morgan fingerprint density at radius 3 is 2.65 bits per heavy atom. The molecule has 1 rings (SSSR count). The summed E-state index contributed by atoms with van der Waals surface area (Å²) in [4.78, 5) is 12.5. The SMILES string of the molecule is C=C(Br)CNC(=O)CCSc1ccc(Cl)cc1. The third-order valence-corrected chi connectivity index (χ3v) is 3.43. The van der Waals surface area contributed by atoms with Crippen molar-refractivity contribution in [1.82, 2.24) is 5.32 Å². The molecule has 17 heavy (non-hydrogen) atoms. The molecule has 5 heteroatoms. The van der Waals surface area contributed by atoms with Crippen LogP contribution in [0.3, 0.4) is 0 Å². The molecule has 92 valence electrons. The zero-order valence-corrected chi connectivity index (χ0v) is 12.4. The van der Waals surface area contributed by atoms with Crippen LogP contribution in [-0.4, -0.2) is 18.2 Å². The average Bonchev–Trinajstić information content (AvgIpc) is 2.29. The highest BCUT2D eigenvalue weighted by Crippen LogP contribution is 2.20. The maximum Gasteiger partial charge on any atom is 0.221 e. The van der Waals surface area contributed by atoms with Crippen molar-refractivity contribution in [3.63, 3.8) is 0 Å². The van der Waals surface area contributed by atoms with Gasteiger partial charge in [-0.25, -0.2) is 0 Å². The maximum absolute atomic E-state index is 11.4. The van der Waals surface area contributed by atoms with E-state index in [0.717, 1.165) is 20.2 Å². The Balaban J connectivity index is 2.21. The Bertz CT molecular complexity index is 394. The molecular weight excluding hydrogens is 322 g/mol. The monoisotopic (exact) mass is 333 g/mol. The normalized spacial score (nSPS) is 10.0. The first kappa shape index (κ1) is 14.6. The van der Waals surface area contributed by atoms with Gasteiger partial charge < -0.3 is 5.32 Å². The summed E-state index contributed by atoms with van der Waals surface area (Å²) in [6.07, 6.45) is 0.494. The molecule has 1 aromatic rings. The molecule has 0 aromatic heterocycles. The van der Waals surface area contributed by atoms with E-state index in [4.69, 9.17) is 11.6 Å². The van der Waals surface area contributed by atoms with Gasteiger partial charge >= 0.3 is 0 Å². The Hall–Kier alpha value is -0.450. The number of amides is 1. The summed E-state index contributed by atoms with van der Waals surface area (Å²) in [6.45, 7) is 4.12. The molecule has 0 fully saturated rings. The number of thioether (sulfide) groups is 1. The topological polar surface area (TPSA) is 29.1 Å².